The Morgan fingerprint density at radius 1 is 1.25 bits per heavy atom. The molecule has 3 heteroatoms. The first kappa shape index (κ1) is 13.8. The van der Waals surface area contributed by atoms with Gasteiger partial charge in [0.15, 0.2) is 0 Å². The SMILES string of the molecule is C[C@H]1CCCC[C@H]1C(=O)OCC[Si](C)(C)C. The van der Waals surface area contributed by atoms with E-state index in [9.17, 15) is 4.79 Å². The molecule has 2 atom stereocenters. The summed E-state index contributed by atoms with van der Waals surface area (Å²) in [5.41, 5.74) is 0. The van der Waals surface area contributed by atoms with E-state index >= 15 is 0 Å². The molecule has 0 unspecified atom stereocenters. The van der Waals surface area contributed by atoms with E-state index in [0.717, 1.165) is 12.5 Å². The van der Waals surface area contributed by atoms with Gasteiger partial charge in [0.1, 0.15) is 0 Å². The maximum absolute atomic E-state index is 11.9. The third kappa shape index (κ3) is 4.68. The van der Waals surface area contributed by atoms with Crippen LogP contribution in [0, 0.1) is 11.8 Å². The van der Waals surface area contributed by atoms with E-state index < -0.39 is 8.07 Å². The molecular weight excluding hydrogens is 216 g/mol. The lowest BCUT2D eigenvalue weighted by Crippen LogP contribution is -2.29. The fraction of sp³-hybridized carbons (Fsp3) is 0.923. The minimum Gasteiger partial charge on any atom is -0.466 e. The molecule has 1 aliphatic rings. The van der Waals surface area contributed by atoms with Crippen LogP contribution in [-0.2, 0) is 9.53 Å². The highest BCUT2D eigenvalue weighted by atomic mass is 28.3. The molecule has 0 aromatic carbocycles. The lowest BCUT2D eigenvalue weighted by atomic mass is 9.80. The van der Waals surface area contributed by atoms with Crippen LogP contribution >= 0.6 is 0 Å². The molecule has 1 fully saturated rings. The van der Waals surface area contributed by atoms with Crippen molar-refractivity contribution in [3.8, 4) is 0 Å². The zero-order chi connectivity index (χ0) is 12.2. The van der Waals surface area contributed by atoms with E-state index in [4.69, 9.17) is 4.74 Å². The van der Waals surface area contributed by atoms with Crippen molar-refractivity contribution < 1.29 is 9.53 Å². The van der Waals surface area contributed by atoms with Crippen LogP contribution in [0.25, 0.3) is 0 Å². The fourth-order valence-electron chi connectivity index (χ4n) is 2.23. The van der Waals surface area contributed by atoms with Gasteiger partial charge in [0.25, 0.3) is 0 Å². The van der Waals surface area contributed by atoms with Crippen molar-refractivity contribution in [2.75, 3.05) is 6.61 Å². The van der Waals surface area contributed by atoms with Crippen LogP contribution in [-0.4, -0.2) is 20.7 Å². The molecule has 1 rings (SSSR count). The molecule has 2 nitrogen and oxygen atoms in total. The van der Waals surface area contributed by atoms with E-state index in [1.54, 1.807) is 0 Å². The number of carbonyl (C=O) groups is 1. The molecule has 0 bridgehead atoms. The standard InChI is InChI=1S/C13H26O2Si/c1-11-7-5-6-8-12(11)13(14)15-9-10-16(2,3)4/h11-12H,5-10H2,1-4H3/t11-,12+/m0/s1. The van der Waals surface area contributed by atoms with Gasteiger partial charge in [0.05, 0.1) is 12.5 Å². The predicted molar refractivity (Wildman–Crippen MR) is 70.2 cm³/mol. The molecule has 0 aliphatic heterocycles. The fourth-order valence-corrected chi connectivity index (χ4v) is 2.95. The van der Waals surface area contributed by atoms with Crippen LogP contribution in [0.1, 0.15) is 32.6 Å². The van der Waals surface area contributed by atoms with E-state index in [-0.39, 0.29) is 11.9 Å². The Balaban J connectivity index is 2.29. The van der Waals surface area contributed by atoms with Gasteiger partial charge in [-0.15, -0.1) is 0 Å². The van der Waals surface area contributed by atoms with Gasteiger partial charge in [-0.2, -0.15) is 0 Å². The Morgan fingerprint density at radius 2 is 1.88 bits per heavy atom. The van der Waals surface area contributed by atoms with Crippen molar-refractivity contribution >= 4 is 14.0 Å². The maximum Gasteiger partial charge on any atom is 0.309 e. The number of rotatable bonds is 4. The number of esters is 1. The largest absolute Gasteiger partial charge is 0.466 e. The molecular formula is C13H26O2Si. The third-order valence-corrected chi connectivity index (χ3v) is 5.21. The monoisotopic (exact) mass is 242 g/mol. The Labute approximate surface area is 101 Å². The van der Waals surface area contributed by atoms with Crippen molar-refractivity contribution in [1.82, 2.24) is 0 Å². The Bertz CT molecular complexity index is 233. The van der Waals surface area contributed by atoms with Gasteiger partial charge in [-0.05, 0) is 24.8 Å². The molecule has 0 saturated heterocycles. The van der Waals surface area contributed by atoms with Crippen LogP contribution in [0.5, 0.6) is 0 Å². The Hall–Kier alpha value is -0.313. The van der Waals surface area contributed by atoms with Gasteiger partial charge in [-0.1, -0.05) is 39.4 Å². The van der Waals surface area contributed by atoms with Gasteiger partial charge in [0.2, 0.25) is 0 Å². The predicted octanol–water partition coefficient (Wildman–Crippen LogP) is 3.69. The summed E-state index contributed by atoms with van der Waals surface area (Å²) in [7, 11) is -1.07. The molecule has 0 aromatic heterocycles. The van der Waals surface area contributed by atoms with Crippen LogP contribution in [0.3, 0.4) is 0 Å². The molecule has 0 radical (unpaired) electrons. The van der Waals surface area contributed by atoms with Gasteiger partial charge in [-0.3, -0.25) is 4.79 Å². The van der Waals surface area contributed by atoms with E-state index in [1.807, 2.05) is 0 Å². The second-order valence-corrected chi connectivity index (χ2v) is 12.0. The van der Waals surface area contributed by atoms with Crippen molar-refractivity contribution in [2.24, 2.45) is 11.8 Å². The molecule has 0 amide bonds. The summed E-state index contributed by atoms with van der Waals surface area (Å²) in [6, 6.07) is 1.08. The Morgan fingerprint density at radius 3 is 2.44 bits per heavy atom. The van der Waals surface area contributed by atoms with Crippen molar-refractivity contribution in [3.05, 3.63) is 0 Å². The topological polar surface area (TPSA) is 26.3 Å². The highest BCUT2D eigenvalue weighted by Crippen LogP contribution is 2.30. The zero-order valence-electron chi connectivity index (χ0n) is 11.2. The minimum atomic E-state index is -1.07. The lowest BCUT2D eigenvalue weighted by molar-refractivity contribution is -0.150. The highest BCUT2D eigenvalue weighted by Gasteiger charge is 2.29. The first-order valence-corrected chi connectivity index (χ1v) is 10.3. The van der Waals surface area contributed by atoms with Crippen LogP contribution in [0.4, 0.5) is 0 Å². The molecule has 0 aromatic rings. The molecule has 0 heterocycles. The number of carbonyl (C=O) groups excluding carboxylic acids is 1. The number of ether oxygens (including phenoxy) is 1. The summed E-state index contributed by atoms with van der Waals surface area (Å²) in [5, 5.41) is 0. The second-order valence-electron chi connectivity index (χ2n) is 6.35. The third-order valence-electron chi connectivity index (χ3n) is 3.51. The van der Waals surface area contributed by atoms with Crippen LogP contribution in [0.2, 0.25) is 25.7 Å². The molecule has 16 heavy (non-hydrogen) atoms. The minimum absolute atomic E-state index is 0.0606. The van der Waals surface area contributed by atoms with Gasteiger partial charge < -0.3 is 4.74 Å². The van der Waals surface area contributed by atoms with Crippen LogP contribution in [0.15, 0.2) is 0 Å². The zero-order valence-corrected chi connectivity index (χ0v) is 12.2. The van der Waals surface area contributed by atoms with Gasteiger partial charge in [0, 0.05) is 8.07 Å². The van der Waals surface area contributed by atoms with E-state index in [2.05, 4.69) is 26.6 Å². The molecule has 0 spiro atoms. The summed E-state index contributed by atoms with van der Waals surface area (Å²) < 4.78 is 5.42. The quantitative estimate of drug-likeness (QED) is 0.555. The summed E-state index contributed by atoms with van der Waals surface area (Å²) in [4.78, 5) is 11.9. The number of hydrogen-bond acceptors (Lipinski definition) is 2. The van der Waals surface area contributed by atoms with Crippen LogP contribution < -0.4 is 0 Å². The first-order valence-electron chi connectivity index (χ1n) is 6.57. The first-order chi connectivity index (χ1) is 7.40. The molecule has 1 aliphatic carbocycles. The summed E-state index contributed by atoms with van der Waals surface area (Å²) in [5.74, 6) is 0.758. The normalized spacial score (nSPS) is 26.5. The smallest absolute Gasteiger partial charge is 0.309 e. The van der Waals surface area contributed by atoms with E-state index in [1.165, 1.54) is 19.3 Å². The lowest BCUT2D eigenvalue weighted by Gasteiger charge is -2.27. The van der Waals surface area contributed by atoms with Crippen molar-refractivity contribution in [3.63, 3.8) is 0 Å². The average Bonchev–Trinajstić information content (AvgIpc) is 2.16. The Kier molecular flexibility index (Phi) is 5.03. The summed E-state index contributed by atoms with van der Waals surface area (Å²) in [6.45, 7) is 9.75. The number of hydrogen-bond donors (Lipinski definition) is 0. The van der Waals surface area contributed by atoms with Crippen molar-refractivity contribution in [2.45, 2.75) is 58.3 Å². The summed E-state index contributed by atoms with van der Waals surface area (Å²) >= 11 is 0. The summed E-state index contributed by atoms with van der Waals surface area (Å²) in [6.07, 6.45) is 4.69. The van der Waals surface area contributed by atoms with Gasteiger partial charge >= 0.3 is 5.97 Å². The molecule has 0 N–H and O–H groups in total. The maximum atomic E-state index is 11.9. The second kappa shape index (κ2) is 5.85. The van der Waals surface area contributed by atoms with E-state index in [0.29, 0.717) is 12.5 Å². The highest BCUT2D eigenvalue weighted by molar-refractivity contribution is 6.76. The van der Waals surface area contributed by atoms with Gasteiger partial charge in [-0.25, -0.2) is 0 Å². The van der Waals surface area contributed by atoms with Crippen molar-refractivity contribution in [1.29, 1.82) is 0 Å². The average molecular weight is 242 g/mol. The molecule has 1 saturated carbocycles. The molecule has 94 valence electrons.